The van der Waals surface area contributed by atoms with Gasteiger partial charge in [-0.2, -0.15) is 5.26 Å². The summed E-state index contributed by atoms with van der Waals surface area (Å²) in [6, 6.07) is 9.76. The summed E-state index contributed by atoms with van der Waals surface area (Å²) in [5.74, 6) is 0. The number of nitrogens with one attached hydrogen (secondary N) is 1. The predicted octanol–water partition coefficient (Wildman–Crippen LogP) is 1.66. The molecule has 0 saturated heterocycles. The Kier molecular flexibility index (Phi) is 5.64. The number of rotatable bonds is 6. The number of benzene rings is 1. The number of nitriles is 1. The molecular formula is C13H18N2O2. The Morgan fingerprint density at radius 2 is 1.94 bits per heavy atom. The molecule has 1 unspecified atom stereocenters. The minimum atomic E-state index is -0.288. The lowest BCUT2D eigenvalue weighted by atomic mass is 10.1. The zero-order chi connectivity index (χ0) is 12.7. The molecular weight excluding hydrogens is 216 g/mol. The maximum absolute atomic E-state index is 8.96. The summed E-state index contributed by atoms with van der Waals surface area (Å²) in [7, 11) is 3.21. The molecule has 4 heteroatoms. The van der Waals surface area contributed by atoms with E-state index in [4.69, 9.17) is 14.7 Å². The minimum absolute atomic E-state index is 0.0525. The molecule has 0 aromatic heterocycles. The number of hydrogen-bond donors (Lipinski definition) is 1. The zero-order valence-corrected chi connectivity index (χ0v) is 10.4. The summed E-state index contributed by atoms with van der Waals surface area (Å²) < 4.78 is 10.3. The smallest absolute Gasteiger partial charge is 0.171 e. The van der Waals surface area contributed by atoms with E-state index in [0.29, 0.717) is 12.1 Å². The van der Waals surface area contributed by atoms with Gasteiger partial charge < -0.3 is 14.8 Å². The monoisotopic (exact) mass is 234 g/mol. The predicted molar refractivity (Wildman–Crippen MR) is 65.3 cm³/mol. The molecule has 0 aliphatic heterocycles. The molecule has 0 fully saturated rings. The van der Waals surface area contributed by atoms with Gasteiger partial charge in [0.05, 0.1) is 17.7 Å². The standard InChI is InChI=1S/C13H18N2O2/c1-10(13(16-2)17-3)15-9-12-7-5-4-6-11(12)8-14/h4-7,10,13,15H,9H2,1-3H3. The maximum Gasteiger partial charge on any atom is 0.171 e. The lowest BCUT2D eigenvalue weighted by molar-refractivity contribution is -0.119. The summed E-state index contributed by atoms with van der Waals surface area (Å²) in [5.41, 5.74) is 1.67. The molecule has 1 N–H and O–H groups in total. The highest BCUT2D eigenvalue weighted by molar-refractivity contribution is 5.37. The molecule has 17 heavy (non-hydrogen) atoms. The highest BCUT2D eigenvalue weighted by atomic mass is 16.7. The van der Waals surface area contributed by atoms with Crippen LogP contribution in [0.1, 0.15) is 18.1 Å². The molecule has 0 aliphatic carbocycles. The Bertz CT molecular complexity index is 383. The fraction of sp³-hybridized carbons (Fsp3) is 0.462. The number of methoxy groups -OCH3 is 2. The van der Waals surface area contributed by atoms with Crippen molar-refractivity contribution in [2.45, 2.75) is 25.8 Å². The van der Waals surface area contributed by atoms with Gasteiger partial charge in [0.25, 0.3) is 0 Å². The van der Waals surface area contributed by atoms with Crippen LogP contribution in [0.25, 0.3) is 0 Å². The fourth-order valence-corrected chi connectivity index (χ4v) is 1.66. The third-order valence-corrected chi connectivity index (χ3v) is 2.63. The molecule has 1 aromatic carbocycles. The van der Waals surface area contributed by atoms with E-state index in [9.17, 15) is 0 Å². The summed E-state index contributed by atoms with van der Waals surface area (Å²) in [5, 5.41) is 12.2. The largest absolute Gasteiger partial charge is 0.354 e. The Hall–Kier alpha value is -1.41. The summed E-state index contributed by atoms with van der Waals surface area (Å²) >= 11 is 0. The molecule has 0 bridgehead atoms. The van der Waals surface area contributed by atoms with Gasteiger partial charge in [0.2, 0.25) is 0 Å². The molecule has 1 aromatic rings. The van der Waals surface area contributed by atoms with Gasteiger partial charge in [-0.1, -0.05) is 18.2 Å². The van der Waals surface area contributed by atoms with Crippen LogP contribution in [0.15, 0.2) is 24.3 Å². The SMILES string of the molecule is COC(OC)C(C)NCc1ccccc1C#N. The van der Waals surface area contributed by atoms with E-state index in [2.05, 4.69) is 11.4 Å². The van der Waals surface area contributed by atoms with Crippen molar-refractivity contribution in [3.8, 4) is 6.07 Å². The van der Waals surface area contributed by atoms with E-state index < -0.39 is 0 Å². The molecule has 0 saturated carbocycles. The third kappa shape index (κ3) is 3.82. The first-order chi connectivity index (χ1) is 8.22. The van der Waals surface area contributed by atoms with Crippen LogP contribution in [-0.4, -0.2) is 26.6 Å². The average molecular weight is 234 g/mol. The van der Waals surface area contributed by atoms with Gasteiger partial charge in [0.1, 0.15) is 0 Å². The second kappa shape index (κ2) is 7.02. The Morgan fingerprint density at radius 1 is 1.29 bits per heavy atom. The second-order valence-electron chi connectivity index (χ2n) is 3.78. The summed E-state index contributed by atoms with van der Waals surface area (Å²) in [6.07, 6.45) is -0.288. The quantitative estimate of drug-likeness (QED) is 0.760. The lowest BCUT2D eigenvalue weighted by Gasteiger charge is -2.22. The van der Waals surface area contributed by atoms with Crippen LogP contribution in [-0.2, 0) is 16.0 Å². The van der Waals surface area contributed by atoms with Crippen LogP contribution < -0.4 is 5.32 Å². The molecule has 0 heterocycles. The van der Waals surface area contributed by atoms with E-state index in [0.717, 1.165) is 5.56 Å². The molecule has 4 nitrogen and oxygen atoms in total. The van der Waals surface area contributed by atoms with Crippen LogP contribution >= 0.6 is 0 Å². The first-order valence-electron chi connectivity index (χ1n) is 5.50. The average Bonchev–Trinajstić information content (AvgIpc) is 2.38. The number of hydrogen-bond acceptors (Lipinski definition) is 4. The van der Waals surface area contributed by atoms with E-state index in [1.807, 2.05) is 31.2 Å². The zero-order valence-electron chi connectivity index (χ0n) is 10.4. The molecule has 0 aliphatic rings. The number of nitrogens with zero attached hydrogens (tertiary/aromatic N) is 1. The maximum atomic E-state index is 8.96. The first kappa shape index (κ1) is 13.7. The highest BCUT2D eigenvalue weighted by Crippen LogP contribution is 2.08. The van der Waals surface area contributed by atoms with Crippen LogP contribution in [0.2, 0.25) is 0 Å². The van der Waals surface area contributed by atoms with Gasteiger partial charge in [-0.15, -0.1) is 0 Å². The van der Waals surface area contributed by atoms with Crippen molar-refractivity contribution in [1.29, 1.82) is 5.26 Å². The van der Waals surface area contributed by atoms with Crippen LogP contribution in [0, 0.1) is 11.3 Å². The van der Waals surface area contributed by atoms with E-state index in [1.54, 1.807) is 14.2 Å². The minimum Gasteiger partial charge on any atom is -0.354 e. The fourth-order valence-electron chi connectivity index (χ4n) is 1.66. The van der Waals surface area contributed by atoms with E-state index >= 15 is 0 Å². The Morgan fingerprint density at radius 3 is 2.53 bits per heavy atom. The van der Waals surface area contributed by atoms with E-state index in [1.165, 1.54) is 0 Å². The molecule has 1 rings (SSSR count). The Balaban J connectivity index is 2.58. The molecule has 0 amide bonds. The van der Waals surface area contributed by atoms with Gasteiger partial charge in [-0.3, -0.25) is 0 Å². The van der Waals surface area contributed by atoms with E-state index in [-0.39, 0.29) is 12.3 Å². The normalized spacial score (nSPS) is 12.4. The molecule has 0 radical (unpaired) electrons. The van der Waals surface area contributed by atoms with Crippen molar-refractivity contribution in [2.24, 2.45) is 0 Å². The van der Waals surface area contributed by atoms with Gasteiger partial charge in [-0.05, 0) is 18.6 Å². The highest BCUT2D eigenvalue weighted by Gasteiger charge is 2.15. The van der Waals surface area contributed by atoms with Crippen molar-refractivity contribution < 1.29 is 9.47 Å². The van der Waals surface area contributed by atoms with Crippen molar-refractivity contribution in [2.75, 3.05) is 14.2 Å². The molecule has 92 valence electrons. The summed E-state index contributed by atoms with van der Waals surface area (Å²) in [4.78, 5) is 0. The van der Waals surface area contributed by atoms with Crippen molar-refractivity contribution in [3.63, 3.8) is 0 Å². The van der Waals surface area contributed by atoms with Crippen LogP contribution in [0.5, 0.6) is 0 Å². The van der Waals surface area contributed by atoms with Crippen LogP contribution in [0.3, 0.4) is 0 Å². The van der Waals surface area contributed by atoms with Crippen molar-refractivity contribution in [3.05, 3.63) is 35.4 Å². The van der Waals surface area contributed by atoms with Gasteiger partial charge >= 0.3 is 0 Å². The molecule has 0 spiro atoms. The number of ether oxygens (including phenoxy) is 2. The second-order valence-corrected chi connectivity index (χ2v) is 3.78. The lowest BCUT2D eigenvalue weighted by Crippen LogP contribution is -2.39. The van der Waals surface area contributed by atoms with Crippen LogP contribution in [0.4, 0.5) is 0 Å². The first-order valence-corrected chi connectivity index (χ1v) is 5.50. The third-order valence-electron chi connectivity index (χ3n) is 2.63. The van der Waals surface area contributed by atoms with Gasteiger partial charge in [-0.25, -0.2) is 0 Å². The molecule has 1 atom stereocenters. The topological polar surface area (TPSA) is 54.3 Å². The van der Waals surface area contributed by atoms with Crippen molar-refractivity contribution >= 4 is 0 Å². The van der Waals surface area contributed by atoms with Gasteiger partial charge in [0.15, 0.2) is 6.29 Å². The van der Waals surface area contributed by atoms with Crippen molar-refractivity contribution in [1.82, 2.24) is 5.32 Å². The van der Waals surface area contributed by atoms with Gasteiger partial charge in [0, 0.05) is 20.8 Å². The summed E-state index contributed by atoms with van der Waals surface area (Å²) in [6.45, 7) is 2.60. The Labute approximate surface area is 102 Å².